The zero-order chi connectivity index (χ0) is 33.1. The van der Waals surface area contributed by atoms with Gasteiger partial charge in [0.05, 0.1) is 30.2 Å². The third-order valence-electron chi connectivity index (χ3n) is 10.1. The lowest BCUT2D eigenvalue weighted by molar-refractivity contribution is -0.138. The predicted octanol–water partition coefficient (Wildman–Crippen LogP) is 2.53. The second kappa shape index (κ2) is 18.1. The monoisotopic (exact) mass is 682 g/mol. The summed E-state index contributed by atoms with van der Waals surface area (Å²) in [7, 11) is 0. The molecule has 0 radical (unpaired) electrons. The maximum Gasteiger partial charge on any atom is 0.315 e. The molecule has 0 aromatic rings. The number of Topliss-reactive ketones (excluding diaryl/α,β-unsaturated/α-hetero) is 1. The molecule has 4 aliphatic rings. The molecule has 46 heavy (non-hydrogen) atoms. The van der Waals surface area contributed by atoms with E-state index in [1.807, 2.05) is 28.4 Å². The number of nitrogens with zero attached hydrogens (tertiary/aromatic N) is 1. The van der Waals surface area contributed by atoms with E-state index in [0.29, 0.717) is 42.9 Å². The van der Waals surface area contributed by atoms with Gasteiger partial charge in [-0.2, -0.15) is 23.5 Å². The molecular weight excluding hydrogens is 625 g/mol. The third-order valence-corrected chi connectivity index (χ3v) is 13.1. The van der Waals surface area contributed by atoms with E-state index in [0.717, 1.165) is 82.1 Å². The van der Waals surface area contributed by atoms with Crippen LogP contribution in [0, 0.1) is 0 Å². The number of unbranched alkanes of at least 4 members (excludes halogenated alkanes) is 6. The number of hydrogen-bond acceptors (Lipinski definition) is 9. The Morgan fingerprint density at radius 3 is 1.93 bits per heavy atom. The average Bonchev–Trinajstić information content (AvgIpc) is 3.78. The number of thioether (sulfide) groups is 2. The van der Waals surface area contributed by atoms with Gasteiger partial charge in [-0.05, 0) is 51.5 Å². The first kappa shape index (κ1) is 37.1. The Labute approximate surface area is 283 Å². The predicted molar refractivity (Wildman–Crippen MR) is 187 cm³/mol. The molecule has 0 saturated carbocycles. The van der Waals surface area contributed by atoms with Crippen molar-refractivity contribution in [3.63, 3.8) is 0 Å². The summed E-state index contributed by atoms with van der Waals surface area (Å²) in [5.74, 6) is 1.65. The Bertz CT molecular complexity index is 1040. The van der Waals surface area contributed by atoms with Crippen LogP contribution < -0.4 is 38.5 Å². The van der Waals surface area contributed by atoms with Gasteiger partial charge in [0, 0.05) is 41.4 Å². The summed E-state index contributed by atoms with van der Waals surface area (Å²) in [5.41, 5.74) is 17.5. The van der Waals surface area contributed by atoms with Crippen molar-refractivity contribution in [2.24, 2.45) is 17.2 Å². The van der Waals surface area contributed by atoms with Crippen LogP contribution >= 0.6 is 23.5 Å². The van der Waals surface area contributed by atoms with Crippen molar-refractivity contribution in [2.75, 3.05) is 24.6 Å². The van der Waals surface area contributed by atoms with Crippen LogP contribution in [0.5, 0.6) is 0 Å². The van der Waals surface area contributed by atoms with Gasteiger partial charge in [0.1, 0.15) is 5.66 Å². The van der Waals surface area contributed by atoms with Crippen molar-refractivity contribution < 1.29 is 19.2 Å². The Morgan fingerprint density at radius 1 is 0.804 bits per heavy atom. The number of nitrogens with one attached hydrogen (secondary N) is 4. The summed E-state index contributed by atoms with van der Waals surface area (Å²) < 4.78 is 0. The smallest absolute Gasteiger partial charge is 0.315 e. The van der Waals surface area contributed by atoms with Gasteiger partial charge in [0.25, 0.3) is 0 Å². The summed E-state index contributed by atoms with van der Waals surface area (Å²) in [6, 6.07) is -0.0476. The van der Waals surface area contributed by atoms with Crippen LogP contribution in [0.1, 0.15) is 103 Å². The first-order valence-electron chi connectivity index (χ1n) is 17.6. The lowest BCUT2D eigenvalue weighted by atomic mass is 9.88. The lowest BCUT2D eigenvalue weighted by Crippen LogP contribution is -2.70. The summed E-state index contributed by atoms with van der Waals surface area (Å²) in [6.45, 7) is 3.27. The molecule has 0 bridgehead atoms. The molecule has 0 spiro atoms. The third kappa shape index (κ3) is 9.90. The standard InChI is InChI=1S/C32H58N8O4S2/c1-2-3-14-25(32(34,35)26(41)15-8-6-12-23-28-21(19-45-23)36-30(43)38-28)40(18-11-5-4-10-17-33)27(42)16-9-7-13-24-29-22(20-46-24)37-31(44)39-29/h21-25,28-29H,2-20,33-35H2,1H3,(H2,36,38,43)(H2,37,39,44)/t21-,22?,23-,24?,25?,28-,29?/m0/s1. The van der Waals surface area contributed by atoms with Crippen molar-refractivity contribution in [2.45, 2.75) is 150 Å². The van der Waals surface area contributed by atoms with Crippen LogP contribution in [-0.4, -0.2) is 99.6 Å². The molecule has 0 aromatic carbocycles. The van der Waals surface area contributed by atoms with E-state index in [1.165, 1.54) is 0 Å². The van der Waals surface area contributed by atoms with Crippen LogP contribution in [0.3, 0.4) is 0 Å². The molecule has 4 saturated heterocycles. The number of carbonyl (C=O) groups is 4. The number of hydrogen-bond donors (Lipinski definition) is 7. The number of amides is 5. The van der Waals surface area contributed by atoms with E-state index in [1.54, 1.807) is 0 Å². The number of carbonyl (C=O) groups excluding carboxylic acids is 4. The first-order chi connectivity index (χ1) is 22.1. The van der Waals surface area contributed by atoms with E-state index in [2.05, 4.69) is 28.2 Å². The molecule has 12 nitrogen and oxygen atoms in total. The van der Waals surface area contributed by atoms with Gasteiger partial charge < -0.3 is 43.4 Å². The zero-order valence-corrected chi connectivity index (χ0v) is 29.2. The number of urea groups is 2. The molecule has 10 N–H and O–H groups in total. The van der Waals surface area contributed by atoms with Crippen LogP contribution in [0.4, 0.5) is 9.59 Å². The van der Waals surface area contributed by atoms with Crippen molar-refractivity contribution >= 4 is 47.3 Å². The van der Waals surface area contributed by atoms with Crippen molar-refractivity contribution in [3.05, 3.63) is 0 Å². The minimum atomic E-state index is -1.62. The molecule has 7 atom stereocenters. The summed E-state index contributed by atoms with van der Waals surface area (Å²) in [5, 5.41) is 12.7. The highest BCUT2D eigenvalue weighted by atomic mass is 32.2. The number of fused-ring (bicyclic) bond motifs is 2. The van der Waals surface area contributed by atoms with Crippen LogP contribution in [-0.2, 0) is 9.59 Å². The van der Waals surface area contributed by atoms with E-state index in [-0.39, 0.29) is 54.3 Å². The fraction of sp³-hybridized carbons (Fsp3) is 0.875. The number of rotatable bonds is 22. The van der Waals surface area contributed by atoms with Gasteiger partial charge in [-0.25, -0.2) is 9.59 Å². The highest BCUT2D eigenvalue weighted by Crippen LogP contribution is 2.34. The van der Waals surface area contributed by atoms with Gasteiger partial charge in [0.2, 0.25) is 5.91 Å². The fourth-order valence-corrected chi connectivity index (χ4v) is 10.5. The lowest BCUT2D eigenvalue weighted by Gasteiger charge is -2.41. The fourth-order valence-electron chi connectivity index (χ4n) is 7.37. The Balaban J connectivity index is 1.31. The summed E-state index contributed by atoms with van der Waals surface area (Å²) >= 11 is 3.76. The SMILES string of the molecule is CCCCC(N(CCCCCCN)C(=O)CCCCC1SCC2NC(=O)NC21)C(N)(N)C(=O)CCCC[C@@H]1SC[C@@H]2NC(=O)N[C@@H]21. The molecule has 5 amide bonds. The molecule has 4 unspecified atom stereocenters. The van der Waals surface area contributed by atoms with E-state index < -0.39 is 11.7 Å². The average molecular weight is 683 g/mol. The van der Waals surface area contributed by atoms with E-state index in [9.17, 15) is 19.2 Å². The first-order valence-corrected chi connectivity index (χ1v) is 19.7. The quantitative estimate of drug-likeness (QED) is 0.0510. The summed E-state index contributed by atoms with van der Waals surface area (Å²) in [6.07, 6.45) is 11.7. The van der Waals surface area contributed by atoms with Gasteiger partial charge in [0.15, 0.2) is 5.78 Å². The largest absolute Gasteiger partial charge is 0.336 e. The van der Waals surface area contributed by atoms with Crippen LogP contribution in [0.15, 0.2) is 0 Å². The Morgan fingerprint density at radius 2 is 1.37 bits per heavy atom. The minimum absolute atomic E-state index is 0.0147. The van der Waals surface area contributed by atoms with Gasteiger partial charge in [-0.3, -0.25) is 9.59 Å². The highest BCUT2D eigenvalue weighted by Gasteiger charge is 2.45. The molecule has 4 fully saturated rings. The van der Waals surface area contributed by atoms with E-state index in [4.69, 9.17) is 17.2 Å². The molecule has 14 heteroatoms. The summed E-state index contributed by atoms with van der Waals surface area (Å²) in [4.78, 5) is 52.8. The van der Waals surface area contributed by atoms with Crippen molar-refractivity contribution in [1.29, 1.82) is 0 Å². The Kier molecular flexibility index (Phi) is 14.6. The maximum atomic E-state index is 13.9. The molecule has 0 aliphatic carbocycles. The molecule has 4 heterocycles. The number of nitrogens with two attached hydrogens (primary N) is 3. The highest BCUT2D eigenvalue weighted by molar-refractivity contribution is 8.00. The number of ketones is 1. The van der Waals surface area contributed by atoms with Gasteiger partial charge in [-0.15, -0.1) is 0 Å². The van der Waals surface area contributed by atoms with Gasteiger partial charge >= 0.3 is 12.1 Å². The second-order valence-corrected chi connectivity index (χ2v) is 16.1. The topological polar surface area (TPSA) is 198 Å². The van der Waals surface area contributed by atoms with Crippen molar-refractivity contribution in [3.8, 4) is 0 Å². The van der Waals surface area contributed by atoms with Crippen LogP contribution in [0.25, 0.3) is 0 Å². The minimum Gasteiger partial charge on any atom is -0.336 e. The zero-order valence-electron chi connectivity index (χ0n) is 27.6. The normalized spacial score (nSPS) is 27.4. The molecule has 4 aliphatic heterocycles. The van der Waals surface area contributed by atoms with E-state index >= 15 is 0 Å². The molecule has 4 rings (SSSR count). The maximum absolute atomic E-state index is 13.9. The second-order valence-electron chi connectivity index (χ2n) is 13.5. The van der Waals surface area contributed by atoms with Crippen molar-refractivity contribution in [1.82, 2.24) is 26.2 Å². The van der Waals surface area contributed by atoms with Crippen LogP contribution in [0.2, 0.25) is 0 Å². The Hall–Kier alpha value is -1.74. The molecule has 262 valence electrons. The molecule has 0 aromatic heterocycles. The molecular formula is C32H58N8O4S2. The van der Waals surface area contributed by atoms with Gasteiger partial charge in [-0.1, -0.05) is 45.4 Å².